The first kappa shape index (κ1) is 22.4. The van der Waals surface area contributed by atoms with E-state index >= 15 is 0 Å². The molecule has 0 aliphatic carbocycles. The highest BCUT2D eigenvalue weighted by molar-refractivity contribution is 5.76. The third-order valence-electron chi connectivity index (χ3n) is 6.51. The third kappa shape index (κ3) is 5.21. The van der Waals surface area contributed by atoms with Crippen molar-refractivity contribution in [3.8, 4) is 0 Å². The molecular weight excluding hydrogens is 432 g/mol. The van der Waals surface area contributed by atoms with Crippen molar-refractivity contribution < 1.29 is 9.52 Å². The Labute approximate surface area is 197 Å². The van der Waals surface area contributed by atoms with Crippen LogP contribution in [0, 0.1) is 5.92 Å². The van der Waals surface area contributed by atoms with Crippen LogP contribution in [-0.2, 0) is 19.6 Å². The summed E-state index contributed by atoms with van der Waals surface area (Å²) < 4.78 is 8.01. The monoisotopic (exact) mass is 462 g/mol. The number of fused-ring (bicyclic) bond motifs is 1. The van der Waals surface area contributed by atoms with Gasteiger partial charge >= 0.3 is 0 Å². The molecule has 0 amide bonds. The second-order valence-electron chi connectivity index (χ2n) is 8.85. The summed E-state index contributed by atoms with van der Waals surface area (Å²) in [4.78, 5) is 18.5. The smallest absolute Gasteiger partial charge is 0.264 e. The van der Waals surface area contributed by atoms with Gasteiger partial charge in [0.05, 0.1) is 17.6 Å². The Kier molecular flexibility index (Phi) is 6.73. The van der Waals surface area contributed by atoms with Crippen LogP contribution < -0.4 is 10.9 Å². The van der Waals surface area contributed by atoms with Crippen molar-refractivity contribution in [1.82, 2.24) is 24.6 Å². The Hall–Kier alpha value is -3.43. The van der Waals surface area contributed by atoms with Crippen LogP contribution in [0.25, 0.3) is 11.0 Å². The van der Waals surface area contributed by atoms with E-state index in [0.29, 0.717) is 24.0 Å². The molecule has 34 heavy (non-hydrogen) atoms. The fourth-order valence-electron chi connectivity index (χ4n) is 4.66. The minimum Gasteiger partial charge on any atom is -0.462 e. The van der Waals surface area contributed by atoms with Gasteiger partial charge in [-0.1, -0.05) is 12.1 Å². The van der Waals surface area contributed by atoms with E-state index in [9.17, 15) is 9.90 Å². The SMILES string of the molecule is O=c1ccc(NCCN2CCC(Cc3nc4ccccc4n3Cc3ccc(CO)o3)CC2)n[nH]1. The minimum atomic E-state index is -0.194. The molecule has 9 nitrogen and oxygen atoms in total. The number of hydrogen-bond acceptors (Lipinski definition) is 7. The predicted molar refractivity (Wildman–Crippen MR) is 130 cm³/mol. The molecule has 1 saturated heterocycles. The molecule has 0 bridgehead atoms. The molecule has 0 spiro atoms. The summed E-state index contributed by atoms with van der Waals surface area (Å²) in [6, 6.07) is 15.2. The lowest BCUT2D eigenvalue weighted by Crippen LogP contribution is -2.37. The first-order chi connectivity index (χ1) is 16.7. The van der Waals surface area contributed by atoms with Crippen molar-refractivity contribution in [1.29, 1.82) is 0 Å². The molecule has 4 heterocycles. The molecule has 1 fully saturated rings. The van der Waals surface area contributed by atoms with E-state index in [2.05, 4.69) is 37.1 Å². The summed E-state index contributed by atoms with van der Waals surface area (Å²) in [6.07, 6.45) is 3.21. The number of aromatic amines is 1. The quantitative estimate of drug-likeness (QED) is 0.351. The average molecular weight is 463 g/mol. The number of anilines is 1. The molecule has 1 aromatic carbocycles. The van der Waals surface area contributed by atoms with E-state index in [1.165, 1.54) is 6.07 Å². The number of benzene rings is 1. The number of nitrogens with zero attached hydrogens (tertiary/aromatic N) is 4. The van der Waals surface area contributed by atoms with Crippen molar-refractivity contribution in [2.24, 2.45) is 5.92 Å². The maximum atomic E-state index is 11.1. The van der Waals surface area contributed by atoms with E-state index in [1.54, 1.807) is 6.07 Å². The number of para-hydroxylation sites is 2. The van der Waals surface area contributed by atoms with Gasteiger partial charge in [0.2, 0.25) is 0 Å². The fourth-order valence-corrected chi connectivity index (χ4v) is 4.66. The van der Waals surface area contributed by atoms with Crippen molar-refractivity contribution in [3.63, 3.8) is 0 Å². The second kappa shape index (κ2) is 10.2. The van der Waals surface area contributed by atoms with Crippen molar-refractivity contribution in [3.05, 3.63) is 76.2 Å². The van der Waals surface area contributed by atoms with Crippen LogP contribution in [0.4, 0.5) is 5.82 Å². The Morgan fingerprint density at radius 2 is 1.91 bits per heavy atom. The van der Waals surface area contributed by atoms with Crippen LogP contribution in [0.3, 0.4) is 0 Å². The van der Waals surface area contributed by atoms with E-state index in [1.807, 2.05) is 24.3 Å². The average Bonchev–Trinajstić information content (AvgIpc) is 3.46. The highest BCUT2D eigenvalue weighted by Gasteiger charge is 2.22. The summed E-state index contributed by atoms with van der Waals surface area (Å²) in [5, 5.41) is 19.0. The summed E-state index contributed by atoms with van der Waals surface area (Å²) in [7, 11) is 0. The lowest BCUT2D eigenvalue weighted by atomic mass is 9.93. The largest absolute Gasteiger partial charge is 0.462 e. The van der Waals surface area contributed by atoms with Crippen LogP contribution >= 0.6 is 0 Å². The number of imidazole rings is 1. The van der Waals surface area contributed by atoms with Crippen LogP contribution in [0.15, 0.2) is 57.7 Å². The molecular formula is C25H30N6O3. The number of aliphatic hydroxyl groups excluding tert-OH is 1. The predicted octanol–water partition coefficient (Wildman–Crippen LogP) is 2.62. The zero-order valence-electron chi connectivity index (χ0n) is 19.1. The van der Waals surface area contributed by atoms with E-state index in [-0.39, 0.29) is 12.2 Å². The number of nitrogens with one attached hydrogen (secondary N) is 2. The van der Waals surface area contributed by atoms with Gasteiger partial charge in [-0.05, 0) is 62.2 Å². The summed E-state index contributed by atoms with van der Waals surface area (Å²) in [5.41, 5.74) is 1.92. The number of H-pyrrole nitrogens is 1. The van der Waals surface area contributed by atoms with Gasteiger partial charge in [-0.25, -0.2) is 10.1 Å². The van der Waals surface area contributed by atoms with Gasteiger partial charge in [0.1, 0.15) is 29.8 Å². The Morgan fingerprint density at radius 3 is 2.68 bits per heavy atom. The van der Waals surface area contributed by atoms with Gasteiger partial charge < -0.3 is 24.3 Å². The lowest BCUT2D eigenvalue weighted by molar-refractivity contribution is 0.188. The maximum Gasteiger partial charge on any atom is 0.264 e. The number of likely N-dealkylation sites (tertiary alicyclic amines) is 1. The molecule has 178 valence electrons. The molecule has 9 heteroatoms. The molecule has 4 aromatic rings. The molecule has 0 saturated carbocycles. The minimum absolute atomic E-state index is 0.0903. The van der Waals surface area contributed by atoms with E-state index in [0.717, 1.165) is 68.1 Å². The standard InChI is InChI=1S/C25H30N6O3/c32-17-20-6-5-19(34-20)16-31-22-4-2-1-3-21(22)27-24(31)15-18-9-12-30(13-10-18)14-11-26-23-7-8-25(33)29-28-23/h1-8,18,32H,9-17H2,(H,26,28)(H,29,33). The number of hydrogen-bond donors (Lipinski definition) is 3. The third-order valence-corrected chi connectivity index (χ3v) is 6.51. The van der Waals surface area contributed by atoms with Crippen molar-refractivity contribution in [2.75, 3.05) is 31.5 Å². The molecule has 0 unspecified atom stereocenters. The molecule has 1 aliphatic heterocycles. The zero-order valence-corrected chi connectivity index (χ0v) is 19.1. The number of piperidine rings is 1. The first-order valence-corrected chi connectivity index (χ1v) is 11.8. The Morgan fingerprint density at radius 1 is 1.09 bits per heavy atom. The fraction of sp³-hybridized carbons (Fsp3) is 0.400. The van der Waals surface area contributed by atoms with Gasteiger partial charge in [-0.15, -0.1) is 0 Å². The Balaban J connectivity index is 1.18. The Bertz CT molecular complexity index is 1260. The number of aliphatic hydroxyl groups is 1. The summed E-state index contributed by atoms with van der Waals surface area (Å²) >= 11 is 0. The molecule has 0 atom stereocenters. The van der Waals surface area contributed by atoms with E-state index < -0.39 is 0 Å². The first-order valence-electron chi connectivity index (χ1n) is 11.8. The summed E-state index contributed by atoms with van der Waals surface area (Å²) in [5.74, 6) is 3.78. The topological polar surface area (TPSA) is 112 Å². The normalized spacial score (nSPS) is 15.2. The van der Waals surface area contributed by atoms with Crippen LogP contribution in [-0.4, -0.2) is 55.9 Å². The maximum absolute atomic E-state index is 11.1. The molecule has 5 rings (SSSR count). The number of aromatic nitrogens is 4. The number of rotatable bonds is 9. The van der Waals surface area contributed by atoms with Gasteiger partial charge in [0, 0.05) is 25.6 Å². The van der Waals surface area contributed by atoms with Gasteiger partial charge in [0.25, 0.3) is 5.56 Å². The lowest BCUT2D eigenvalue weighted by Gasteiger charge is -2.32. The van der Waals surface area contributed by atoms with Crippen LogP contribution in [0.2, 0.25) is 0 Å². The van der Waals surface area contributed by atoms with E-state index in [4.69, 9.17) is 9.40 Å². The van der Waals surface area contributed by atoms with Crippen molar-refractivity contribution in [2.45, 2.75) is 32.4 Å². The highest BCUT2D eigenvalue weighted by Crippen LogP contribution is 2.25. The van der Waals surface area contributed by atoms with Gasteiger partial charge in [-0.2, -0.15) is 5.10 Å². The second-order valence-corrected chi connectivity index (χ2v) is 8.85. The molecule has 3 N–H and O–H groups in total. The van der Waals surface area contributed by atoms with Gasteiger partial charge in [0.15, 0.2) is 0 Å². The van der Waals surface area contributed by atoms with Gasteiger partial charge in [-0.3, -0.25) is 4.79 Å². The molecule has 3 aromatic heterocycles. The zero-order chi connectivity index (χ0) is 23.3. The number of furan rings is 1. The summed E-state index contributed by atoms with van der Waals surface area (Å²) in [6.45, 7) is 4.37. The molecule has 0 radical (unpaired) electrons. The van der Waals surface area contributed by atoms with Crippen molar-refractivity contribution >= 4 is 16.9 Å². The molecule has 1 aliphatic rings. The highest BCUT2D eigenvalue weighted by atomic mass is 16.4. The van der Waals surface area contributed by atoms with Crippen LogP contribution in [0.5, 0.6) is 0 Å². The van der Waals surface area contributed by atoms with Crippen LogP contribution in [0.1, 0.15) is 30.2 Å².